The largest absolute Gasteiger partial charge is 0.387 e. The first-order valence-corrected chi connectivity index (χ1v) is 12.7. The number of anilines is 2. The minimum Gasteiger partial charge on any atom is -0.387 e. The van der Waals surface area contributed by atoms with Crippen LogP contribution in [0.5, 0.6) is 0 Å². The molecule has 5 rings (SSSR count). The lowest BCUT2D eigenvalue weighted by atomic mass is 10.1. The molecule has 192 valence electrons. The van der Waals surface area contributed by atoms with Crippen molar-refractivity contribution in [2.24, 2.45) is 7.05 Å². The maximum absolute atomic E-state index is 12.3. The van der Waals surface area contributed by atoms with E-state index >= 15 is 0 Å². The number of rotatable bonds is 6. The predicted molar refractivity (Wildman–Crippen MR) is 150 cm³/mol. The van der Waals surface area contributed by atoms with Crippen LogP contribution < -0.4 is 10.2 Å². The lowest BCUT2D eigenvalue weighted by molar-refractivity contribution is 0.0827. The minimum absolute atomic E-state index is 0.0397. The summed E-state index contributed by atoms with van der Waals surface area (Å²) in [6, 6.07) is 14.5. The Morgan fingerprint density at radius 2 is 1.81 bits per heavy atom. The third kappa shape index (κ3) is 4.89. The monoisotopic (exact) mass is 497 g/mol. The first kappa shape index (κ1) is 24.8. The quantitative estimate of drug-likeness (QED) is 0.434. The van der Waals surface area contributed by atoms with Gasteiger partial charge in [0.05, 0.1) is 17.6 Å². The topological polar surface area (TPSA) is 69.5 Å². The van der Waals surface area contributed by atoms with Gasteiger partial charge in [-0.05, 0) is 55.0 Å². The van der Waals surface area contributed by atoms with Gasteiger partial charge < -0.3 is 19.7 Å². The van der Waals surface area contributed by atoms with Crippen LogP contribution in [-0.2, 0) is 13.6 Å². The van der Waals surface area contributed by atoms with Crippen molar-refractivity contribution in [1.29, 1.82) is 0 Å². The van der Waals surface area contributed by atoms with Gasteiger partial charge in [-0.2, -0.15) is 0 Å². The highest BCUT2D eigenvalue weighted by atomic mass is 16.2. The molecule has 1 amide bonds. The van der Waals surface area contributed by atoms with Crippen molar-refractivity contribution in [1.82, 2.24) is 24.3 Å². The number of aromatic nitrogens is 3. The second kappa shape index (κ2) is 10.2. The molecule has 4 heterocycles. The number of carbonyl (C=O) groups excluding carboxylic acids is 1. The van der Waals surface area contributed by atoms with Gasteiger partial charge in [-0.3, -0.25) is 14.7 Å². The molecule has 1 N–H and O–H groups in total. The zero-order chi connectivity index (χ0) is 26.1. The third-order valence-corrected chi connectivity index (χ3v) is 7.31. The molecule has 8 nitrogen and oxygen atoms in total. The summed E-state index contributed by atoms with van der Waals surface area (Å²) in [5.41, 5.74) is 8.37. The Kier molecular flexibility index (Phi) is 6.84. The van der Waals surface area contributed by atoms with Crippen LogP contribution in [0.4, 0.5) is 11.4 Å². The van der Waals surface area contributed by atoms with E-state index in [1.54, 1.807) is 19.0 Å². The highest BCUT2D eigenvalue weighted by Crippen LogP contribution is 2.30. The molecule has 0 unspecified atom stereocenters. The van der Waals surface area contributed by atoms with E-state index in [0.29, 0.717) is 0 Å². The van der Waals surface area contributed by atoms with E-state index in [2.05, 4.69) is 61.8 Å². The Bertz CT molecular complexity index is 1420. The molecule has 8 heteroatoms. The number of pyridine rings is 2. The number of aryl methyl sites for hydroxylation is 2. The molecule has 0 saturated carbocycles. The van der Waals surface area contributed by atoms with Gasteiger partial charge in [0.15, 0.2) is 0 Å². The minimum atomic E-state index is 0.0397. The summed E-state index contributed by atoms with van der Waals surface area (Å²) in [6.07, 6.45) is 3.73. The molecule has 0 spiro atoms. The van der Waals surface area contributed by atoms with Crippen LogP contribution in [0, 0.1) is 6.92 Å². The van der Waals surface area contributed by atoms with Gasteiger partial charge in [0.1, 0.15) is 5.65 Å². The smallest absolute Gasteiger partial charge is 0.253 e. The van der Waals surface area contributed by atoms with E-state index in [0.717, 1.165) is 71.8 Å². The van der Waals surface area contributed by atoms with Crippen LogP contribution in [0.2, 0.25) is 0 Å². The molecule has 0 atom stereocenters. The summed E-state index contributed by atoms with van der Waals surface area (Å²) in [4.78, 5) is 28.2. The first-order chi connectivity index (χ1) is 17.9. The molecule has 4 aromatic rings. The van der Waals surface area contributed by atoms with Gasteiger partial charge in [-0.15, -0.1) is 0 Å². The predicted octanol–water partition coefficient (Wildman–Crippen LogP) is 4.01. The third-order valence-electron chi connectivity index (χ3n) is 7.31. The standard InChI is InChI=1S/C29H35N7O/c1-20-16-21(29(37)33(3)4)6-9-27(20)36-14-12-35(13-15-36)19-23-17-25-24(10-11-31-28(25)34(23)5)26-8-7-22(30-2)18-32-26/h6-11,16-18,30H,12-15,19H2,1-5H3. The number of nitrogens with one attached hydrogen (secondary N) is 1. The summed E-state index contributed by atoms with van der Waals surface area (Å²) in [5, 5.41) is 4.26. The molecular weight excluding hydrogens is 462 g/mol. The van der Waals surface area contributed by atoms with Crippen LogP contribution >= 0.6 is 0 Å². The zero-order valence-corrected chi connectivity index (χ0v) is 22.3. The average molecular weight is 498 g/mol. The molecule has 1 aliphatic rings. The number of piperazine rings is 1. The normalized spacial score (nSPS) is 14.2. The lowest BCUT2D eigenvalue weighted by Crippen LogP contribution is -2.46. The maximum atomic E-state index is 12.3. The summed E-state index contributed by atoms with van der Waals surface area (Å²) >= 11 is 0. The van der Waals surface area contributed by atoms with Gasteiger partial charge in [0, 0.05) is 95.0 Å². The molecule has 1 fully saturated rings. The summed E-state index contributed by atoms with van der Waals surface area (Å²) in [6.45, 7) is 6.84. The molecule has 0 aliphatic carbocycles. The van der Waals surface area contributed by atoms with Crippen molar-refractivity contribution >= 4 is 28.3 Å². The summed E-state index contributed by atoms with van der Waals surface area (Å²) < 4.78 is 2.21. The number of nitrogens with zero attached hydrogens (tertiary/aromatic N) is 6. The fourth-order valence-corrected chi connectivity index (χ4v) is 5.12. The van der Waals surface area contributed by atoms with E-state index in [1.165, 1.54) is 11.4 Å². The van der Waals surface area contributed by atoms with Crippen molar-refractivity contribution in [3.8, 4) is 11.3 Å². The molecule has 0 bridgehead atoms. The maximum Gasteiger partial charge on any atom is 0.253 e. The molecule has 1 saturated heterocycles. The Labute approximate surface area is 218 Å². The van der Waals surface area contributed by atoms with Crippen molar-refractivity contribution in [3.05, 3.63) is 71.7 Å². The van der Waals surface area contributed by atoms with E-state index < -0.39 is 0 Å². The molecule has 37 heavy (non-hydrogen) atoms. The Balaban J connectivity index is 1.29. The van der Waals surface area contributed by atoms with Crippen molar-refractivity contribution in [3.63, 3.8) is 0 Å². The second-order valence-electron chi connectivity index (χ2n) is 9.94. The molecule has 1 aromatic carbocycles. The number of carbonyl (C=O) groups is 1. The Hall–Kier alpha value is -3.91. The molecular formula is C29H35N7O. The van der Waals surface area contributed by atoms with Crippen LogP contribution in [0.1, 0.15) is 21.6 Å². The van der Waals surface area contributed by atoms with E-state index in [-0.39, 0.29) is 5.91 Å². The number of benzene rings is 1. The highest BCUT2D eigenvalue weighted by Gasteiger charge is 2.21. The molecule has 1 aliphatic heterocycles. The van der Waals surface area contributed by atoms with Crippen LogP contribution in [0.3, 0.4) is 0 Å². The van der Waals surface area contributed by atoms with Crippen LogP contribution in [-0.4, -0.2) is 77.6 Å². The highest BCUT2D eigenvalue weighted by molar-refractivity contribution is 5.95. The second-order valence-corrected chi connectivity index (χ2v) is 9.94. The molecule has 3 aromatic heterocycles. The summed E-state index contributed by atoms with van der Waals surface area (Å²) in [7, 11) is 7.57. The number of amides is 1. The van der Waals surface area contributed by atoms with E-state index in [1.807, 2.05) is 43.7 Å². The van der Waals surface area contributed by atoms with Crippen LogP contribution in [0.25, 0.3) is 22.3 Å². The fraction of sp³-hybridized carbons (Fsp3) is 0.345. The zero-order valence-electron chi connectivity index (χ0n) is 22.3. The SMILES string of the molecule is CNc1ccc(-c2ccnc3c2cc(CN2CCN(c4ccc(C(=O)N(C)C)cc4C)CC2)n3C)nc1. The van der Waals surface area contributed by atoms with Crippen molar-refractivity contribution in [2.75, 3.05) is 57.5 Å². The first-order valence-electron chi connectivity index (χ1n) is 12.7. The number of hydrogen-bond donors (Lipinski definition) is 1. The van der Waals surface area contributed by atoms with Gasteiger partial charge in [-0.25, -0.2) is 4.98 Å². The number of fused-ring (bicyclic) bond motifs is 1. The fourth-order valence-electron chi connectivity index (χ4n) is 5.12. The Morgan fingerprint density at radius 1 is 1.03 bits per heavy atom. The Morgan fingerprint density at radius 3 is 2.46 bits per heavy atom. The van der Waals surface area contributed by atoms with Crippen molar-refractivity contribution < 1.29 is 4.79 Å². The lowest BCUT2D eigenvalue weighted by Gasteiger charge is -2.37. The summed E-state index contributed by atoms with van der Waals surface area (Å²) in [5.74, 6) is 0.0397. The average Bonchev–Trinajstić information content (AvgIpc) is 3.23. The van der Waals surface area contributed by atoms with Crippen molar-refractivity contribution in [2.45, 2.75) is 13.5 Å². The van der Waals surface area contributed by atoms with Crippen LogP contribution in [0.15, 0.2) is 54.9 Å². The molecule has 0 radical (unpaired) electrons. The number of hydrogen-bond acceptors (Lipinski definition) is 6. The van der Waals surface area contributed by atoms with Gasteiger partial charge in [0.25, 0.3) is 5.91 Å². The van der Waals surface area contributed by atoms with Gasteiger partial charge >= 0.3 is 0 Å². The van der Waals surface area contributed by atoms with Gasteiger partial charge in [0.2, 0.25) is 0 Å². The van der Waals surface area contributed by atoms with Gasteiger partial charge in [-0.1, -0.05) is 0 Å². The van der Waals surface area contributed by atoms with E-state index in [4.69, 9.17) is 0 Å². The van der Waals surface area contributed by atoms with E-state index in [9.17, 15) is 4.79 Å².